The molecule has 4 nitrogen and oxygen atoms in total. The first-order valence-electron chi connectivity index (χ1n) is 6.02. The third-order valence-electron chi connectivity index (χ3n) is 2.88. The minimum Gasteiger partial charge on any atom is -0.316 e. The van der Waals surface area contributed by atoms with Crippen molar-refractivity contribution in [1.82, 2.24) is 5.32 Å². The highest BCUT2D eigenvalue weighted by molar-refractivity contribution is 7.16. The van der Waals surface area contributed by atoms with Crippen molar-refractivity contribution in [3.8, 4) is 6.07 Å². The summed E-state index contributed by atoms with van der Waals surface area (Å²) in [5.41, 5.74) is 1.54. The highest BCUT2D eigenvalue weighted by Crippen LogP contribution is 2.31. The Morgan fingerprint density at radius 2 is 2.17 bits per heavy atom. The maximum atomic E-state index is 12.0. The van der Waals surface area contributed by atoms with E-state index in [2.05, 4.69) is 16.7 Å². The van der Waals surface area contributed by atoms with Crippen LogP contribution in [0.1, 0.15) is 29.9 Å². The van der Waals surface area contributed by atoms with E-state index in [4.69, 9.17) is 5.26 Å². The standard InChI is InChI=1S/C13H19N3OS/c1-5-15-7-8(2)12(17)16-13-11(6-14)9(3)10(4)18-13/h8,15H,5,7H2,1-4H3,(H,16,17). The molecule has 1 atom stereocenters. The van der Waals surface area contributed by atoms with Crippen LogP contribution in [0.2, 0.25) is 0 Å². The lowest BCUT2D eigenvalue weighted by atomic mass is 10.1. The SMILES string of the molecule is CCNCC(C)C(=O)Nc1sc(C)c(C)c1C#N. The highest BCUT2D eigenvalue weighted by atomic mass is 32.1. The predicted octanol–water partition coefficient (Wildman–Crippen LogP) is 2.42. The minimum atomic E-state index is -0.112. The average Bonchev–Trinajstić information content (AvgIpc) is 2.61. The quantitative estimate of drug-likeness (QED) is 0.859. The van der Waals surface area contributed by atoms with E-state index >= 15 is 0 Å². The van der Waals surface area contributed by atoms with Crippen LogP contribution >= 0.6 is 11.3 Å². The summed E-state index contributed by atoms with van der Waals surface area (Å²) < 4.78 is 0. The van der Waals surface area contributed by atoms with Crippen LogP contribution in [-0.2, 0) is 4.79 Å². The van der Waals surface area contributed by atoms with E-state index in [1.54, 1.807) is 0 Å². The van der Waals surface area contributed by atoms with Gasteiger partial charge < -0.3 is 10.6 Å². The van der Waals surface area contributed by atoms with E-state index in [-0.39, 0.29) is 11.8 Å². The molecule has 1 aromatic heterocycles. The Balaban J connectivity index is 2.76. The van der Waals surface area contributed by atoms with Crippen molar-refractivity contribution in [3.05, 3.63) is 16.0 Å². The van der Waals surface area contributed by atoms with Crippen molar-refractivity contribution in [2.45, 2.75) is 27.7 Å². The van der Waals surface area contributed by atoms with Crippen LogP contribution in [0.15, 0.2) is 0 Å². The molecule has 0 aliphatic heterocycles. The predicted molar refractivity (Wildman–Crippen MR) is 74.8 cm³/mol. The van der Waals surface area contributed by atoms with Gasteiger partial charge in [0.15, 0.2) is 0 Å². The molecule has 0 saturated carbocycles. The summed E-state index contributed by atoms with van der Waals surface area (Å²) in [4.78, 5) is 13.0. The van der Waals surface area contributed by atoms with Crippen molar-refractivity contribution >= 4 is 22.2 Å². The Hall–Kier alpha value is -1.38. The van der Waals surface area contributed by atoms with Gasteiger partial charge >= 0.3 is 0 Å². The van der Waals surface area contributed by atoms with Gasteiger partial charge in [-0.15, -0.1) is 11.3 Å². The van der Waals surface area contributed by atoms with E-state index in [0.29, 0.717) is 17.1 Å². The van der Waals surface area contributed by atoms with Gasteiger partial charge in [0.2, 0.25) is 5.91 Å². The molecule has 98 valence electrons. The van der Waals surface area contributed by atoms with Gasteiger partial charge in [-0.05, 0) is 26.0 Å². The van der Waals surface area contributed by atoms with E-state index in [1.807, 2.05) is 27.7 Å². The van der Waals surface area contributed by atoms with Crippen LogP contribution in [0, 0.1) is 31.1 Å². The molecule has 2 N–H and O–H groups in total. The molecule has 0 bridgehead atoms. The number of carbonyl (C=O) groups excluding carboxylic acids is 1. The lowest BCUT2D eigenvalue weighted by molar-refractivity contribution is -0.119. The number of nitrogens with one attached hydrogen (secondary N) is 2. The van der Waals surface area contributed by atoms with Gasteiger partial charge in [-0.25, -0.2) is 0 Å². The van der Waals surface area contributed by atoms with Crippen molar-refractivity contribution in [1.29, 1.82) is 5.26 Å². The molecule has 0 spiro atoms. The van der Waals surface area contributed by atoms with Crippen LogP contribution in [0.25, 0.3) is 0 Å². The zero-order valence-corrected chi connectivity index (χ0v) is 12.1. The monoisotopic (exact) mass is 265 g/mol. The highest BCUT2D eigenvalue weighted by Gasteiger charge is 2.17. The lowest BCUT2D eigenvalue weighted by Gasteiger charge is -2.11. The Labute approximate surface area is 112 Å². The second-order valence-electron chi connectivity index (χ2n) is 4.30. The van der Waals surface area contributed by atoms with E-state index in [0.717, 1.165) is 17.0 Å². The van der Waals surface area contributed by atoms with Gasteiger partial charge in [-0.3, -0.25) is 4.79 Å². The first-order valence-corrected chi connectivity index (χ1v) is 6.84. The number of thiophene rings is 1. The molecule has 5 heteroatoms. The zero-order chi connectivity index (χ0) is 13.7. The summed E-state index contributed by atoms with van der Waals surface area (Å²) in [6.07, 6.45) is 0. The Morgan fingerprint density at radius 1 is 1.50 bits per heavy atom. The van der Waals surface area contributed by atoms with Gasteiger partial charge in [-0.1, -0.05) is 13.8 Å². The van der Waals surface area contributed by atoms with E-state index < -0.39 is 0 Å². The van der Waals surface area contributed by atoms with E-state index in [9.17, 15) is 4.79 Å². The fraction of sp³-hybridized carbons (Fsp3) is 0.538. The molecule has 0 fully saturated rings. The second kappa shape index (κ2) is 6.53. The molecule has 0 aliphatic rings. The number of rotatable bonds is 5. The molecule has 1 aromatic rings. The summed E-state index contributed by atoms with van der Waals surface area (Å²) in [6.45, 7) is 9.23. The van der Waals surface area contributed by atoms with Crippen molar-refractivity contribution in [2.24, 2.45) is 5.92 Å². The first-order chi connectivity index (χ1) is 8.51. The third-order valence-corrected chi connectivity index (χ3v) is 4.00. The van der Waals surface area contributed by atoms with Gasteiger partial charge in [0.05, 0.1) is 5.56 Å². The largest absolute Gasteiger partial charge is 0.316 e. The van der Waals surface area contributed by atoms with Crippen LogP contribution < -0.4 is 10.6 Å². The molecule has 18 heavy (non-hydrogen) atoms. The smallest absolute Gasteiger partial charge is 0.229 e. The number of nitrogens with zero attached hydrogens (tertiary/aromatic N) is 1. The van der Waals surface area contributed by atoms with Crippen LogP contribution in [-0.4, -0.2) is 19.0 Å². The number of hydrogen-bond donors (Lipinski definition) is 2. The maximum absolute atomic E-state index is 12.0. The minimum absolute atomic E-state index is 0.0475. The van der Waals surface area contributed by atoms with Crippen molar-refractivity contribution in [3.63, 3.8) is 0 Å². The van der Waals surface area contributed by atoms with Crippen LogP contribution in [0.5, 0.6) is 0 Å². The normalized spacial score (nSPS) is 11.9. The van der Waals surface area contributed by atoms with E-state index in [1.165, 1.54) is 11.3 Å². The summed E-state index contributed by atoms with van der Waals surface area (Å²) >= 11 is 1.46. The summed E-state index contributed by atoms with van der Waals surface area (Å²) in [6, 6.07) is 2.15. The summed E-state index contributed by atoms with van der Waals surface area (Å²) in [5.74, 6) is -0.159. The molecule has 1 heterocycles. The molecule has 1 unspecified atom stereocenters. The zero-order valence-electron chi connectivity index (χ0n) is 11.3. The van der Waals surface area contributed by atoms with Crippen LogP contribution in [0.3, 0.4) is 0 Å². The number of nitriles is 1. The van der Waals surface area contributed by atoms with Gasteiger partial charge in [0.1, 0.15) is 11.1 Å². The molecule has 0 aromatic carbocycles. The Morgan fingerprint density at radius 3 is 2.72 bits per heavy atom. The van der Waals surface area contributed by atoms with Gasteiger partial charge in [0, 0.05) is 17.3 Å². The van der Waals surface area contributed by atoms with Gasteiger partial charge in [0.25, 0.3) is 0 Å². The fourth-order valence-corrected chi connectivity index (χ4v) is 2.55. The van der Waals surface area contributed by atoms with Crippen molar-refractivity contribution < 1.29 is 4.79 Å². The molecule has 0 aliphatic carbocycles. The average molecular weight is 265 g/mol. The first kappa shape index (κ1) is 14.7. The fourth-order valence-electron chi connectivity index (χ4n) is 1.54. The third kappa shape index (κ3) is 3.31. The number of carbonyl (C=O) groups is 1. The molecule has 0 saturated heterocycles. The van der Waals surface area contributed by atoms with Gasteiger partial charge in [-0.2, -0.15) is 5.26 Å². The maximum Gasteiger partial charge on any atom is 0.229 e. The number of aryl methyl sites for hydroxylation is 1. The van der Waals surface area contributed by atoms with Crippen molar-refractivity contribution in [2.75, 3.05) is 18.4 Å². The topological polar surface area (TPSA) is 64.9 Å². The molecular formula is C13H19N3OS. The number of anilines is 1. The Kier molecular flexibility index (Phi) is 5.32. The molecule has 1 rings (SSSR count). The molecule has 1 amide bonds. The summed E-state index contributed by atoms with van der Waals surface area (Å²) in [7, 11) is 0. The van der Waals surface area contributed by atoms with Crippen LogP contribution in [0.4, 0.5) is 5.00 Å². The Bertz CT molecular complexity index is 473. The number of hydrogen-bond acceptors (Lipinski definition) is 4. The number of amides is 1. The summed E-state index contributed by atoms with van der Waals surface area (Å²) in [5, 5.41) is 15.8. The lowest BCUT2D eigenvalue weighted by Crippen LogP contribution is -2.30. The molecular weight excluding hydrogens is 246 g/mol. The molecule has 0 radical (unpaired) electrons. The second-order valence-corrected chi connectivity index (χ2v) is 5.52.